The minimum Gasteiger partial charge on any atom is -0.370 e. The minimum atomic E-state index is -0.183. The van der Waals surface area contributed by atoms with Gasteiger partial charge in [0.15, 0.2) is 5.78 Å². The molecule has 2 nitrogen and oxygen atoms in total. The Morgan fingerprint density at radius 1 is 1.90 bits per heavy atom. The molecule has 0 aromatic rings. The van der Waals surface area contributed by atoms with Crippen molar-refractivity contribution in [3.05, 3.63) is 12.2 Å². The fraction of sp³-hybridized carbons (Fsp3) is 0.625. The van der Waals surface area contributed by atoms with Crippen LogP contribution in [0.25, 0.3) is 0 Å². The maximum atomic E-state index is 10.9. The van der Waals surface area contributed by atoms with Crippen LogP contribution in [0.1, 0.15) is 19.8 Å². The highest BCUT2D eigenvalue weighted by atomic mass is 16.5. The van der Waals surface area contributed by atoms with Crippen molar-refractivity contribution >= 4 is 5.78 Å². The molecule has 1 rings (SSSR count). The van der Waals surface area contributed by atoms with Gasteiger partial charge in [-0.3, -0.25) is 4.79 Å². The van der Waals surface area contributed by atoms with E-state index >= 15 is 0 Å². The van der Waals surface area contributed by atoms with E-state index in [4.69, 9.17) is 4.74 Å². The van der Waals surface area contributed by atoms with Crippen molar-refractivity contribution in [1.82, 2.24) is 0 Å². The molecule has 10 heavy (non-hydrogen) atoms. The zero-order chi connectivity index (χ0) is 7.56. The van der Waals surface area contributed by atoms with Gasteiger partial charge in [-0.1, -0.05) is 5.57 Å². The van der Waals surface area contributed by atoms with Crippen LogP contribution in [0.15, 0.2) is 12.2 Å². The Hall–Kier alpha value is -0.630. The molecule has 0 aromatic carbocycles. The Morgan fingerprint density at radius 3 is 3.00 bits per heavy atom. The molecule has 1 aliphatic rings. The number of ether oxygens (including phenoxy) is 1. The average Bonchev–Trinajstić information content (AvgIpc) is 2.15. The fourth-order valence-electron chi connectivity index (χ4n) is 1.04. The summed E-state index contributed by atoms with van der Waals surface area (Å²) in [4.78, 5) is 10.9. The summed E-state index contributed by atoms with van der Waals surface area (Å²) in [6.45, 7) is 6.23. The molecular formula is C8H12O2. The summed E-state index contributed by atoms with van der Waals surface area (Å²) < 4.78 is 5.17. The summed E-state index contributed by atoms with van der Waals surface area (Å²) in [5.74, 6) is 0.225. The van der Waals surface area contributed by atoms with Crippen molar-refractivity contribution in [3.63, 3.8) is 0 Å². The van der Waals surface area contributed by atoms with Crippen molar-refractivity contribution < 1.29 is 9.53 Å². The lowest BCUT2D eigenvalue weighted by atomic mass is 10.1. The van der Waals surface area contributed by atoms with Gasteiger partial charge in [-0.15, -0.1) is 6.58 Å². The number of hydrogen-bond donors (Lipinski definition) is 0. The number of hydrogen-bond acceptors (Lipinski definition) is 2. The summed E-state index contributed by atoms with van der Waals surface area (Å²) in [5.41, 5.74) is 1.01. The first-order valence-electron chi connectivity index (χ1n) is 3.49. The van der Waals surface area contributed by atoms with Gasteiger partial charge in [0.25, 0.3) is 0 Å². The van der Waals surface area contributed by atoms with Crippen LogP contribution in [0.2, 0.25) is 0 Å². The molecule has 0 bridgehead atoms. The lowest BCUT2D eigenvalue weighted by molar-refractivity contribution is -0.122. The number of rotatable bonds is 2. The van der Waals surface area contributed by atoms with Crippen LogP contribution >= 0.6 is 0 Å². The standard InChI is InChI=1S/C8H12O2/c1-6(2)5-8-7(9)3-4-10-8/h8H,1,3-5H2,2H3/t8-/m1/s1. The third-order valence-electron chi connectivity index (χ3n) is 1.56. The van der Waals surface area contributed by atoms with Crippen LogP contribution in [0, 0.1) is 0 Å². The summed E-state index contributed by atoms with van der Waals surface area (Å²) in [6, 6.07) is 0. The predicted octanol–water partition coefficient (Wildman–Crippen LogP) is 1.31. The number of ketones is 1. The van der Waals surface area contributed by atoms with E-state index in [0.717, 1.165) is 5.57 Å². The van der Waals surface area contributed by atoms with Crippen molar-refractivity contribution in [2.45, 2.75) is 25.9 Å². The highest BCUT2D eigenvalue weighted by molar-refractivity contribution is 5.84. The van der Waals surface area contributed by atoms with Crippen LogP contribution in [-0.4, -0.2) is 18.5 Å². The normalized spacial score (nSPS) is 25.3. The molecule has 0 spiro atoms. The molecule has 0 N–H and O–H groups in total. The van der Waals surface area contributed by atoms with Gasteiger partial charge in [-0.2, -0.15) is 0 Å². The molecule has 1 aliphatic heterocycles. The van der Waals surface area contributed by atoms with Gasteiger partial charge in [-0.05, 0) is 6.92 Å². The van der Waals surface area contributed by atoms with E-state index in [2.05, 4.69) is 6.58 Å². The Balaban J connectivity index is 2.40. The lowest BCUT2D eigenvalue weighted by Gasteiger charge is -2.05. The maximum Gasteiger partial charge on any atom is 0.164 e. The number of carbonyl (C=O) groups excluding carboxylic acids is 1. The van der Waals surface area contributed by atoms with Crippen LogP contribution in [0.4, 0.5) is 0 Å². The van der Waals surface area contributed by atoms with E-state index in [-0.39, 0.29) is 11.9 Å². The SMILES string of the molecule is C=C(C)C[C@H]1OCCC1=O. The molecule has 1 fully saturated rings. The van der Waals surface area contributed by atoms with E-state index in [0.29, 0.717) is 19.4 Å². The highest BCUT2D eigenvalue weighted by Gasteiger charge is 2.24. The molecule has 0 saturated carbocycles. The van der Waals surface area contributed by atoms with Crippen molar-refractivity contribution in [2.24, 2.45) is 0 Å². The molecule has 2 heteroatoms. The minimum absolute atomic E-state index is 0.183. The molecule has 0 radical (unpaired) electrons. The van der Waals surface area contributed by atoms with Crippen molar-refractivity contribution in [1.29, 1.82) is 0 Å². The molecule has 0 aromatic heterocycles. The largest absolute Gasteiger partial charge is 0.370 e. The first kappa shape index (κ1) is 7.48. The third kappa shape index (κ3) is 1.67. The van der Waals surface area contributed by atoms with Gasteiger partial charge >= 0.3 is 0 Å². The third-order valence-corrected chi connectivity index (χ3v) is 1.56. The van der Waals surface area contributed by atoms with Crippen LogP contribution in [0.5, 0.6) is 0 Å². The molecule has 1 atom stereocenters. The van der Waals surface area contributed by atoms with E-state index in [1.165, 1.54) is 0 Å². The van der Waals surface area contributed by atoms with Crippen molar-refractivity contribution in [2.75, 3.05) is 6.61 Å². The molecule has 56 valence electrons. The van der Waals surface area contributed by atoms with E-state index in [1.54, 1.807) is 0 Å². The Labute approximate surface area is 60.9 Å². The van der Waals surface area contributed by atoms with Gasteiger partial charge in [0.1, 0.15) is 6.10 Å². The van der Waals surface area contributed by atoms with Crippen LogP contribution < -0.4 is 0 Å². The molecule has 1 saturated heterocycles. The van der Waals surface area contributed by atoms with Crippen LogP contribution in [0.3, 0.4) is 0 Å². The zero-order valence-electron chi connectivity index (χ0n) is 6.22. The van der Waals surface area contributed by atoms with Gasteiger partial charge in [0.05, 0.1) is 6.61 Å². The Bertz CT molecular complexity index is 161. The zero-order valence-corrected chi connectivity index (χ0v) is 6.22. The summed E-state index contributed by atoms with van der Waals surface area (Å²) in [6.07, 6.45) is 1.09. The predicted molar refractivity (Wildman–Crippen MR) is 38.8 cm³/mol. The maximum absolute atomic E-state index is 10.9. The highest BCUT2D eigenvalue weighted by Crippen LogP contribution is 2.14. The van der Waals surface area contributed by atoms with Gasteiger partial charge in [0.2, 0.25) is 0 Å². The number of Topliss-reactive ketones (excluding diaryl/α,β-unsaturated/α-hetero) is 1. The Kier molecular flexibility index (Phi) is 2.22. The smallest absolute Gasteiger partial charge is 0.164 e. The molecule has 0 aliphatic carbocycles. The lowest BCUT2D eigenvalue weighted by Crippen LogP contribution is -2.14. The molecule has 0 amide bonds. The summed E-state index contributed by atoms with van der Waals surface area (Å²) in [7, 11) is 0. The van der Waals surface area contributed by atoms with E-state index < -0.39 is 0 Å². The first-order chi connectivity index (χ1) is 4.70. The fourth-order valence-corrected chi connectivity index (χ4v) is 1.04. The topological polar surface area (TPSA) is 26.3 Å². The quantitative estimate of drug-likeness (QED) is 0.540. The second kappa shape index (κ2) is 2.97. The van der Waals surface area contributed by atoms with Crippen molar-refractivity contribution in [3.8, 4) is 0 Å². The molecule has 1 heterocycles. The van der Waals surface area contributed by atoms with E-state index in [9.17, 15) is 4.79 Å². The van der Waals surface area contributed by atoms with E-state index in [1.807, 2.05) is 6.92 Å². The molecular weight excluding hydrogens is 128 g/mol. The average molecular weight is 140 g/mol. The Morgan fingerprint density at radius 2 is 2.60 bits per heavy atom. The summed E-state index contributed by atoms with van der Waals surface area (Å²) in [5, 5.41) is 0. The summed E-state index contributed by atoms with van der Waals surface area (Å²) >= 11 is 0. The second-order valence-corrected chi connectivity index (χ2v) is 2.74. The second-order valence-electron chi connectivity index (χ2n) is 2.74. The number of carbonyl (C=O) groups is 1. The van der Waals surface area contributed by atoms with Gasteiger partial charge < -0.3 is 4.74 Å². The van der Waals surface area contributed by atoms with Crippen LogP contribution in [-0.2, 0) is 9.53 Å². The monoisotopic (exact) mass is 140 g/mol. The van der Waals surface area contributed by atoms with Gasteiger partial charge in [0, 0.05) is 12.8 Å². The molecule has 0 unspecified atom stereocenters. The van der Waals surface area contributed by atoms with Gasteiger partial charge in [-0.25, -0.2) is 0 Å². The first-order valence-corrected chi connectivity index (χ1v) is 3.49.